The Hall–Kier alpha value is -2.50. The lowest BCUT2D eigenvalue weighted by atomic mass is 10.3. The van der Waals surface area contributed by atoms with Crippen LogP contribution in [-0.2, 0) is 14.3 Å². The number of rotatable bonds is 9. The molecule has 1 aromatic rings. The van der Waals surface area contributed by atoms with Crippen LogP contribution in [0, 0.1) is 0 Å². The molecule has 0 unspecified atom stereocenters. The van der Waals surface area contributed by atoms with Crippen molar-refractivity contribution in [1.82, 2.24) is 5.32 Å². The van der Waals surface area contributed by atoms with Gasteiger partial charge in [-0.05, 0) is 38.1 Å². The molecule has 0 aliphatic rings. The van der Waals surface area contributed by atoms with Crippen molar-refractivity contribution in [2.75, 3.05) is 19.8 Å². The fraction of sp³-hybridized carbons (Fsp3) is 0.375. The van der Waals surface area contributed by atoms with Crippen molar-refractivity contribution in [3.05, 3.63) is 36.9 Å². The zero-order valence-corrected chi connectivity index (χ0v) is 12.8. The van der Waals surface area contributed by atoms with Gasteiger partial charge in [-0.2, -0.15) is 0 Å². The van der Waals surface area contributed by atoms with Crippen LogP contribution in [0.25, 0.3) is 0 Å². The summed E-state index contributed by atoms with van der Waals surface area (Å²) in [6, 6.07) is 6.88. The van der Waals surface area contributed by atoms with Gasteiger partial charge in [0.25, 0.3) is 5.91 Å². The number of hydrogen-bond acceptors (Lipinski definition) is 5. The van der Waals surface area contributed by atoms with Gasteiger partial charge in [-0.1, -0.05) is 6.08 Å². The number of benzene rings is 1. The van der Waals surface area contributed by atoms with Crippen LogP contribution >= 0.6 is 0 Å². The molecule has 1 N–H and O–H groups in total. The van der Waals surface area contributed by atoms with Crippen molar-refractivity contribution >= 4 is 11.9 Å². The zero-order valence-electron chi connectivity index (χ0n) is 12.8. The smallest absolute Gasteiger partial charge is 0.344 e. The minimum Gasteiger partial charge on any atom is -0.494 e. The molecule has 0 aromatic heterocycles. The van der Waals surface area contributed by atoms with E-state index < -0.39 is 12.1 Å². The zero-order chi connectivity index (χ0) is 16.4. The van der Waals surface area contributed by atoms with E-state index in [-0.39, 0.29) is 12.5 Å². The van der Waals surface area contributed by atoms with E-state index in [1.54, 1.807) is 30.3 Å². The van der Waals surface area contributed by atoms with E-state index in [4.69, 9.17) is 14.2 Å². The molecule has 0 saturated carbocycles. The Morgan fingerprint density at radius 3 is 2.36 bits per heavy atom. The van der Waals surface area contributed by atoms with Crippen molar-refractivity contribution in [1.29, 1.82) is 0 Å². The molecule has 120 valence electrons. The predicted molar refractivity (Wildman–Crippen MR) is 81.9 cm³/mol. The Labute approximate surface area is 130 Å². The summed E-state index contributed by atoms with van der Waals surface area (Å²) < 4.78 is 15.5. The predicted octanol–water partition coefficient (Wildman–Crippen LogP) is 1.70. The van der Waals surface area contributed by atoms with E-state index in [1.165, 1.54) is 6.92 Å². The van der Waals surface area contributed by atoms with Gasteiger partial charge < -0.3 is 19.5 Å². The largest absolute Gasteiger partial charge is 0.494 e. The average molecular weight is 307 g/mol. The maximum Gasteiger partial charge on any atom is 0.344 e. The van der Waals surface area contributed by atoms with Crippen LogP contribution < -0.4 is 14.8 Å². The first-order valence-corrected chi connectivity index (χ1v) is 7.00. The Morgan fingerprint density at radius 2 is 1.82 bits per heavy atom. The molecule has 0 fully saturated rings. The maximum atomic E-state index is 11.6. The lowest BCUT2D eigenvalue weighted by Crippen LogP contribution is -2.36. The standard InChI is InChI=1S/C16H21NO5/c1-4-10-17-16(19)12(3)22-15(18)11-21-14-8-6-13(7-9-14)20-5-2/h4,6-9,12H,1,5,10-11H2,2-3H3,(H,17,19)/t12-/m0/s1. The van der Waals surface area contributed by atoms with Crippen LogP contribution in [0.2, 0.25) is 0 Å². The van der Waals surface area contributed by atoms with Crippen molar-refractivity contribution in [3.8, 4) is 11.5 Å². The quantitative estimate of drug-likeness (QED) is 0.555. The fourth-order valence-electron chi connectivity index (χ4n) is 1.54. The number of carbonyl (C=O) groups is 2. The lowest BCUT2D eigenvalue weighted by Gasteiger charge is -2.13. The molecule has 0 heterocycles. The first-order chi connectivity index (χ1) is 10.6. The number of hydrogen-bond donors (Lipinski definition) is 1. The fourth-order valence-corrected chi connectivity index (χ4v) is 1.54. The Bertz CT molecular complexity index is 498. The molecule has 1 rings (SSSR count). The SMILES string of the molecule is C=CCNC(=O)[C@H](C)OC(=O)COc1ccc(OCC)cc1. The molecule has 0 spiro atoms. The molecule has 1 atom stereocenters. The normalized spacial score (nSPS) is 11.2. The second-order valence-electron chi connectivity index (χ2n) is 4.36. The van der Waals surface area contributed by atoms with E-state index in [2.05, 4.69) is 11.9 Å². The molecular formula is C16H21NO5. The second kappa shape index (κ2) is 9.44. The number of amides is 1. The summed E-state index contributed by atoms with van der Waals surface area (Å²) in [7, 11) is 0. The van der Waals surface area contributed by atoms with Gasteiger partial charge in [-0.25, -0.2) is 4.79 Å². The Balaban J connectivity index is 2.35. The molecule has 6 heteroatoms. The summed E-state index contributed by atoms with van der Waals surface area (Å²) in [4.78, 5) is 23.1. The summed E-state index contributed by atoms with van der Waals surface area (Å²) in [6.07, 6.45) is 0.665. The van der Waals surface area contributed by atoms with Crippen LogP contribution in [-0.4, -0.2) is 37.7 Å². The minimum atomic E-state index is -0.878. The lowest BCUT2D eigenvalue weighted by molar-refractivity contribution is -0.156. The number of ether oxygens (including phenoxy) is 3. The van der Waals surface area contributed by atoms with Crippen LogP contribution in [0.15, 0.2) is 36.9 Å². The van der Waals surface area contributed by atoms with E-state index in [0.717, 1.165) is 5.75 Å². The first-order valence-electron chi connectivity index (χ1n) is 7.00. The van der Waals surface area contributed by atoms with Gasteiger partial charge in [0.05, 0.1) is 6.61 Å². The van der Waals surface area contributed by atoms with Gasteiger partial charge >= 0.3 is 5.97 Å². The molecule has 0 bridgehead atoms. The van der Waals surface area contributed by atoms with Crippen molar-refractivity contribution in [3.63, 3.8) is 0 Å². The summed E-state index contributed by atoms with van der Waals surface area (Å²) in [5, 5.41) is 2.54. The Morgan fingerprint density at radius 1 is 1.23 bits per heavy atom. The van der Waals surface area contributed by atoms with Gasteiger partial charge in [0, 0.05) is 6.54 Å². The summed E-state index contributed by atoms with van der Waals surface area (Å²) in [5.74, 6) is 0.249. The third kappa shape index (κ3) is 6.30. The minimum absolute atomic E-state index is 0.271. The van der Waals surface area contributed by atoms with E-state index in [1.807, 2.05) is 6.92 Å². The maximum absolute atomic E-state index is 11.6. The van der Waals surface area contributed by atoms with Gasteiger partial charge in [-0.15, -0.1) is 6.58 Å². The van der Waals surface area contributed by atoms with E-state index in [0.29, 0.717) is 18.9 Å². The molecule has 6 nitrogen and oxygen atoms in total. The molecule has 22 heavy (non-hydrogen) atoms. The van der Waals surface area contributed by atoms with Crippen molar-refractivity contribution in [2.45, 2.75) is 20.0 Å². The van der Waals surface area contributed by atoms with Gasteiger partial charge in [0.1, 0.15) is 11.5 Å². The molecule has 0 saturated heterocycles. The molecule has 0 radical (unpaired) electrons. The molecule has 1 aromatic carbocycles. The van der Waals surface area contributed by atoms with Crippen molar-refractivity contribution < 1.29 is 23.8 Å². The van der Waals surface area contributed by atoms with Crippen molar-refractivity contribution in [2.24, 2.45) is 0 Å². The number of nitrogens with one attached hydrogen (secondary N) is 1. The van der Waals surface area contributed by atoms with E-state index >= 15 is 0 Å². The second-order valence-corrected chi connectivity index (χ2v) is 4.36. The summed E-state index contributed by atoms with van der Waals surface area (Å²) in [6.45, 7) is 7.50. The van der Waals surface area contributed by atoms with Crippen LogP contribution in [0.3, 0.4) is 0 Å². The topological polar surface area (TPSA) is 73.9 Å². The first kappa shape index (κ1) is 17.6. The molecule has 0 aliphatic carbocycles. The highest BCUT2D eigenvalue weighted by molar-refractivity contribution is 5.83. The van der Waals surface area contributed by atoms with Gasteiger partial charge in [-0.3, -0.25) is 4.79 Å². The highest BCUT2D eigenvalue weighted by Crippen LogP contribution is 2.17. The van der Waals surface area contributed by atoms with Crippen LogP contribution in [0.1, 0.15) is 13.8 Å². The third-order valence-corrected chi connectivity index (χ3v) is 2.59. The Kier molecular flexibility index (Phi) is 7.53. The van der Waals surface area contributed by atoms with Gasteiger partial charge in [0.2, 0.25) is 0 Å². The number of carbonyl (C=O) groups excluding carboxylic acids is 2. The van der Waals surface area contributed by atoms with Crippen LogP contribution in [0.4, 0.5) is 0 Å². The highest BCUT2D eigenvalue weighted by atomic mass is 16.6. The van der Waals surface area contributed by atoms with Gasteiger partial charge in [0.15, 0.2) is 12.7 Å². The van der Waals surface area contributed by atoms with Crippen LogP contribution in [0.5, 0.6) is 11.5 Å². The number of esters is 1. The molecule has 0 aliphatic heterocycles. The molecular weight excluding hydrogens is 286 g/mol. The monoisotopic (exact) mass is 307 g/mol. The molecule has 1 amide bonds. The third-order valence-electron chi connectivity index (χ3n) is 2.59. The van der Waals surface area contributed by atoms with E-state index in [9.17, 15) is 9.59 Å². The summed E-state index contributed by atoms with van der Waals surface area (Å²) >= 11 is 0. The highest BCUT2D eigenvalue weighted by Gasteiger charge is 2.17. The summed E-state index contributed by atoms with van der Waals surface area (Å²) in [5.41, 5.74) is 0. The average Bonchev–Trinajstić information content (AvgIpc) is 2.52.